The third-order valence-corrected chi connectivity index (χ3v) is 7.98. The Balaban J connectivity index is 1.65. The van der Waals surface area contributed by atoms with Crippen molar-refractivity contribution >= 4 is 27.5 Å². The molecule has 3 amide bonds. The Morgan fingerprint density at radius 1 is 1.00 bits per heavy atom. The number of hydrogen-bond acceptors (Lipinski definition) is 5. The SMILES string of the molecule is O=C1NCC(S(=O)(=O)c2ccc3c(c2-c2ccccc2)CCN3C(=O)c2ccccc2O)N1. The van der Waals surface area contributed by atoms with E-state index < -0.39 is 21.2 Å². The molecule has 2 aliphatic rings. The topological polar surface area (TPSA) is 116 Å². The maximum Gasteiger partial charge on any atom is 0.315 e. The van der Waals surface area contributed by atoms with Crippen molar-refractivity contribution in [2.75, 3.05) is 18.0 Å². The van der Waals surface area contributed by atoms with Gasteiger partial charge in [0.15, 0.2) is 5.37 Å². The number of para-hydroxylation sites is 1. The van der Waals surface area contributed by atoms with Gasteiger partial charge in [-0.05, 0) is 41.8 Å². The van der Waals surface area contributed by atoms with Gasteiger partial charge in [0.2, 0.25) is 9.84 Å². The van der Waals surface area contributed by atoms with E-state index in [1.807, 2.05) is 30.3 Å². The zero-order valence-electron chi connectivity index (χ0n) is 17.5. The molecule has 1 fully saturated rings. The number of phenols is 1. The molecule has 0 saturated carbocycles. The second-order valence-electron chi connectivity index (χ2n) is 7.91. The van der Waals surface area contributed by atoms with Crippen molar-refractivity contribution in [3.8, 4) is 16.9 Å². The van der Waals surface area contributed by atoms with E-state index in [2.05, 4.69) is 10.6 Å². The van der Waals surface area contributed by atoms with Gasteiger partial charge in [-0.25, -0.2) is 13.2 Å². The van der Waals surface area contributed by atoms with Crippen LogP contribution in [0.3, 0.4) is 0 Å². The van der Waals surface area contributed by atoms with Crippen molar-refractivity contribution < 1.29 is 23.1 Å². The summed E-state index contributed by atoms with van der Waals surface area (Å²) in [6, 6.07) is 18.1. The van der Waals surface area contributed by atoms with Crippen molar-refractivity contribution in [2.24, 2.45) is 0 Å². The molecule has 3 N–H and O–H groups in total. The molecule has 0 bridgehead atoms. The molecule has 2 aliphatic heterocycles. The number of sulfone groups is 1. The van der Waals surface area contributed by atoms with E-state index in [4.69, 9.17) is 0 Å². The average molecular weight is 464 g/mol. The highest BCUT2D eigenvalue weighted by atomic mass is 32.2. The fraction of sp³-hybridized carbons (Fsp3) is 0.167. The summed E-state index contributed by atoms with van der Waals surface area (Å²) in [6.45, 7) is 0.331. The van der Waals surface area contributed by atoms with Crippen molar-refractivity contribution in [2.45, 2.75) is 16.7 Å². The minimum atomic E-state index is -3.91. The predicted molar refractivity (Wildman–Crippen MR) is 123 cm³/mol. The monoisotopic (exact) mass is 463 g/mol. The van der Waals surface area contributed by atoms with Gasteiger partial charge < -0.3 is 20.6 Å². The molecule has 0 aliphatic carbocycles. The van der Waals surface area contributed by atoms with Crippen LogP contribution in [0.1, 0.15) is 15.9 Å². The number of aromatic hydroxyl groups is 1. The van der Waals surface area contributed by atoms with Gasteiger partial charge in [-0.1, -0.05) is 42.5 Å². The number of fused-ring (bicyclic) bond motifs is 1. The second kappa shape index (κ2) is 7.93. The molecule has 0 aromatic heterocycles. The summed E-state index contributed by atoms with van der Waals surface area (Å²) >= 11 is 0. The number of rotatable bonds is 4. The van der Waals surface area contributed by atoms with Crippen LogP contribution in [0, 0.1) is 0 Å². The minimum Gasteiger partial charge on any atom is -0.507 e. The first-order valence-corrected chi connectivity index (χ1v) is 12.0. The van der Waals surface area contributed by atoms with Crippen LogP contribution >= 0.6 is 0 Å². The van der Waals surface area contributed by atoms with Gasteiger partial charge in [0, 0.05) is 17.8 Å². The quantitative estimate of drug-likeness (QED) is 0.550. The van der Waals surface area contributed by atoms with Gasteiger partial charge in [0.25, 0.3) is 5.91 Å². The summed E-state index contributed by atoms with van der Waals surface area (Å²) in [5.74, 6) is -0.461. The first-order valence-electron chi connectivity index (χ1n) is 10.5. The van der Waals surface area contributed by atoms with Gasteiger partial charge in [-0.15, -0.1) is 0 Å². The summed E-state index contributed by atoms with van der Waals surface area (Å²) < 4.78 is 27.0. The number of hydrogen-bond donors (Lipinski definition) is 3. The first-order chi connectivity index (χ1) is 15.9. The van der Waals surface area contributed by atoms with Crippen LogP contribution in [0.4, 0.5) is 10.5 Å². The lowest BCUT2D eigenvalue weighted by molar-refractivity contribution is 0.0986. The third-order valence-electron chi connectivity index (χ3n) is 5.99. The molecular weight excluding hydrogens is 442 g/mol. The summed E-state index contributed by atoms with van der Waals surface area (Å²) in [7, 11) is -3.91. The summed E-state index contributed by atoms with van der Waals surface area (Å²) in [5, 5.41) is 14.0. The number of carbonyl (C=O) groups excluding carboxylic acids is 2. The van der Waals surface area contributed by atoms with Crippen LogP contribution < -0.4 is 15.5 Å². The zero-order chi connectivity index (χ0) is 23.2. The maximum absolute atomic E-state index is 13.5. The van der Waals surface area contributed by atoms with E-state index in [1.165, 1.54) is 12.1 Å². The van der Waals surface area contributed by atoms with Crippen molar-refractivity contribution in [1.82, 2.24) is 10.6 Å². The van der Waals surface area contributed by atoms with Crippen LogP contribution in [0.15, 0.2) is 71.6 Å². The fourth-order valence-electron chi connectivity index (χ4n) is 4.41. The summed E-state index contributed by atoms with van der Waals surface area (Å²) in [5.41, 5.74) is 2.77. The van der Waals surface area contributed by atoms with E-state index >= 15 is 0 Å². The molecule has 9 heteroatoms. The zero-order valence-corrected chi connectivity index (χ0v) is 18.3. The molecule has 3 aromatic carbocycles. The first kappa shape index (κ1) is 21.0. The predicted octanol–water partition coefficient (Wildman–Crippen LogP) is 2.67. The molecule has 0 radical (unpaired) electrons. The highest BCUT2D eigenvalue weighted by Crippen LogP contribution is 2.42. The van der Waals surface area contributed by atoms with E-state index in [0.717, 1.165) is 5.56 Å². The lowest BCUT2D eigenvalue weighted by Crippen LogP contribution is -2.35. The Kier molecular flexibility index (Phi) is 5.05. The highest BCUT2D eigenvalue weighted by Gasteiger charge is 2.38. The molecule has 3 aromatic rings. The summed E-state index contributed by atoms with van der Waals surface area (Å²) in [6.07, 6.45) is 0.456. The number of nitrogens with zero attached hydrogens (tertiary/aromatic N) is 1. The second-order valence-corrected chi connectivity index (χ2v) is 10.0. The van der Waals surface area contributed by atoms with Crippen LogP contribution in [-0.4, -0.2) is 43.9 Å². The molecular formula is C24H21N3O5S. The van der Waals surface area contributed by atoms with Crippen molar-refractivity contribution in [3.63, 3.8) is 0 Å². The minimum absolute atomic E-state index is 0.0234. The van der Waals surface area contributed by atoms with Crippen LogP contribution in [0.5, 0.6) is 5.75 Å². The Hall–Kier alpha value is -3.85. The molecule has 0 spiro atoms. The largest absolute Gasteiger partial charge is 0.507 e. The van der Waals surface area contributed by atoms with E-state index in [1.54, 1.807) is 29.2 Å². The molecule has 1 saturated heterocycles. The van der Waals surface area contributed by atoms with Crippen molar-refractivity contribution in [1.29, 1.82) is 0 Å². The highest BCUT2D eigenvalue weighted by molar-refractivity contribution is 7.92. The maximum atomic E-state index is 13.5. The number of amides is 3. The van der Waals surface area contributed by atoms with Crippen LogP contribution in [-0.2, 0) is 16.3 Å². The smallest absolute Gasteiger partial charge is 0.315 e. The molecule has 2 heterocycles. The normalized spacial score (nSPS) is 17.4. The number of nitrogens with one attached hydrogen (secondary N) is 2. The molecule has 1 unspecified atom stereocenters. The van der Waals surface area contributed by atoms with E-state index in [9.17, 15) is 23.1 Å². The number of anilines is 1. The standard InChI is InChI=1S/C24H21N3O5S/c28-19-9-5-4-8-17(19)23(29)27-13-12-16-18(27)10-11-20(22(16)15-6-2-1-3-7-15)33(31,32)21-14-25-24(30)26-21/h1-11,21,28H,12-14H2,(H2,25,26,30). The Labute approximate surface area is 190 Å². The fourth-order valence-corrected chi connectivity index (χ4v) is 6.06. The number of carbonyl (C=O) groups is 2. The lowest BCUT2D eigenvalue weighted by Gasteiger charge is -2.21. The molecule has 1 atom stereocenters. The van der Waals surface area contributed by atoms with Gasteiger partial charge in [0.1, 0.15) is 5.75 Å². The Morgan fingerprint density at radius 3 is 2.42 bits per heavy atom. The Morgan fingerprint density at radius 2 is 1.73 bits per heavy atom. The molecule has 5 rings (SSSR count). The van der Waals surface area contributed by atoms with Gasteiger partial charge in [0.05, 0.1) is 17.0 Å². The number of phenolic OH excluding ortho intramolecular Hbond substituents is 1. The van der Waals surface area contributed by atoms with Crippen LogP contribution in [0.2, 0.25) is 0 Å². The summed E-state index contributed by atoms with van der Waals surface area (Å²) in [4.78, 5) is 26.5. The molecule has 168 valence electrons. The van der Waals surface area contributed by atoms with Crippen molar-refractivity contribution in [3.05, 3.63) is 77.9 Å². The molecule has 8 nitrogen and oxygen atoms in total. The van der Waals surface area contributed by atoms with Gasteiger partial charge >= 0.3 is 6.03 Å². The van der Waals surface area contributed by atoms with Gasteiger partial charge in [-0.2, -0.15) is 0 Å². The van der Waals surface area contributed by atoms with Crippen LogP contribution in [0.25, 0.3) is 11.1 Å². The van der Waals surface area contributed by atoms with E-state index in [0.29, 0.717) is 29.8 Å². The van der Waals surface area contributed by atoms with E-state index in [-0.39, 0.29) is 28.7 Å². The third kappa shape index (κ3) is 3.50. The van der Waals surface area contributed by atoms with Gasteiger partial charge in [-0.3, -0.25) is 4.79 Å². The number of benzene rings is 3. The Bertz CT molecular complexity index is 1370. The average Bonchev–Trinajstić information content (AvgIpc) is 3.45. The lowest BCUT2D eigenvalue weighted by atomic mass is 9.97. The number of urea groups is 1. The molecule has 33 heavy (non-hydrogen) atoms.